The van der Waals surface area contributed by atoms with E-state index in [1.54, 1.807) is 36.4 Å². The van der Waals surface area contributed by atoms with Gasteiger partial charge in [0.25, 0.3) is 5.91 Å². The molecule has 0 fully saturated rings. The molecule has 0 bridgehead atoms. The summed E-state index contributed by atoms with van der Waals surface area (Å²) < 4.78 is 67.0. The number of nitrogens with one attached hydrogen (secondary N) is 1. The van der Waals surface area contributed by atoms with Gasteiger partial charge >= 0.3 is 6.18 Å². The average Bonchev–Trinajstić information content (AvgIpc) is 3.74. The Kier molecular flexibility index (Phi) is 10.7. The molecule has 0 saturated carbocycles. The van der Waals surface area contributed by atoms with Crippen LogP contribution in [-0.4, -0.2) is 63.0 Å². The smallest absolute Gasteiger partial charge is 0.420 e. The van der Waals surface area contributed by atoms with Crippen molar-refractivity contribution in [2.24, 2.45) is 0 Å². The molecule has 0 aliphatic carbocycles. The van der Waals surface area contributed by atoms with Crippen LogP contribution in [0.4, 0.5) is 24.5 Å². The van der Waals surface area contributed by atoms with E-state index in [0.29, 0.717) is 52.1 Å². The van der Waals surface area contributed by atoms with E-state index in [9.17, 15) is 18.0 Å². The first-order chi connectivity index (χ1) is 23.5. The second-order valence-corrected chi connectivity index (χ2v) is 18.6. The van der Waals surface area contributed by atoms with Crippen LogP contribution in [0, 0.1) is 0 Å². The van der Waals surface area contributed by atoms with Crippen molar-refractivity contribution in [2.75, 3.05) is 44.2 Å². The molecular weight excluding hydrogens is 691 g/mol. The van der Waals surface area contributed by atoms with Crippen molar-refractivity contribution in [3.63, 3.8) is 0 Å². The number of aromatic nitrogens is 3. The van der Waals surface area contributed by atoms with Crippen LogP contribution in [0.2, 0.25) is 23.2 Å². The first-order valence-electron chi connectivity index (χ1n) is 16.0. The van der Waals surface area contributed by atoms with Gasteiger partial charge in [0, 0.05) is 40.6 Å². The van der Waals surface area contributed by atoms with Gasteiger partial charge in [-0.1, -0.05) is 38.4 Å². The van der Waals surface area contributed by atoms with E-state index in [4.69, 9.17) is 30.2 Å². The zero-order valence-corrected chi connectivity index (χ0v) is 30.8. The van der Waals surface area contributed by atoms with Crippen LogP contribution in [0.5, 0.6) is 17.2 Å². The predicted molar refractivity (Wildman–Crippen MR) is 188 cm³/mol. The van der Waals surface area contributed by atoms with Gasteiger partial charge in [-0.3, -0.25) is 4.79 Å². The van der Waals surface area contributed by atoms with Gasteiger partial charge in [-0.05, 0) is 60.4 Å². The number of benzene rings is 3. The van der Waals surface area contributed by atoms with Gasteiger partial charge in [0.15, 0.2) is 8.32 Å². The van der Waals surface area contributed by atoms with E-state index >= 15 is 0 Å². The SMILES string of the molecule is COc1cc(NC(C(=O)N2CCc3cc(OC)c(C(F)(F)F)cc32)c2ccc(Cl)cc2OCCO[Si](C)(C)C(C)(C)C)cc(-n2cncn2)c1. The van der Waals surface area contributed by atoms with Crippen LogP contribution in [0.25, 0.3) is 5.69 Å². The van der Waals surface area contributed by atoms with Gasteiger partial charge in [-0.25, -0.2) is 9.67 Å². The van der Waals surface area contributed by atoms with E-state index in [1.807, 2.05) is 0 Å². The Labute approximate surface area is 295 Å². The van der Waals surface area contributed by atoms with Gasteiger partial charge in [0.2, 0.25) is 0 Å². The second kappa shape index (κ2) is 14.5. The fourth-order valence-corrected chi connectivity index (χ4v) is 6.61. The lowest BCUT2D eigenvalue weighted by Gasteiger charge is -2.36. The molecular formula is C35H41ClF3N5O5Si. The molecule has 0 saturated heterocycles. The molecule has 268 valence electrons. The molecule has 0 spiro atoms. The Morgan fingerprint density at radius 2 is 1.78 bits per heavy atom. The Morgan fingerprint density at radius 3 is 2.42 bits per heavy atom. The van der Waals surface area contributed by atoms with Gasteiger partial charge in [-0.2, -0.15) is 18.3 Å². The normalized spacial score (nSPS) is 13.9. The zero-order chi connectivity index (χ0) is 36.4. The van der Waals surface area contributed by atoms with E-state index < -0.39 is 32.0 Å². The van der Waals surface area contributed by atoms with Crippen molar-refractivity contribution in [3.05, 3.63) is 82.9 Å². The van der Waals surface area contributed by atoms with Crippen LogP contribution >= 0.6 is 11.6 Å². The number of hydrogen-bond acceptors (Lipinski definition) is 8. The molecule has 1 N–H and O–H groups in total. The van der Waals surface area contributed by atoms with E-state index in [0.717, 1.165) is 6.07 Å². The van der Waals surface area contributed by atoms with Gasteiger partial charge < -0.3 is 28.9 Å². The van der Waals surface area contributed by atoms with Crippen molar-refractivity contribution in [3.8, 4) is 22.9 Å². The Morgan fingerprint density at radius 1 is 1.02 bits per heavy atom. The molecule has 1 unspecified atom stereocenters. The topological polar surface area (TPSA) is 100.0 Å². The molecule has 5 rings (SSSR count). The summed E-state index contributed by atoms with van der Waals surface area (Å²) in [6, 6.07) is 11.3. The molecule has 1 aliphatic rings. The van der Waals surface area contributed by atoms with Crippen molar-refractivity contribution < 1.29 is 36.6 Å². The minimum absolute atomic E-state index is 0.000500. The second-order valence-electron chi connectivity index (χ2n) is 13.4. The summed E-state index contributed by atoms with van der Waals surface area (Å²) in [5, 5.41) is 7.90. The molecule has 50 heavy (non-hydrogen) atoms. The average molecular weight is 732 g/mol. The predicted octanol–water partition coefficient (Wildman–Crippen LogP) is 8.10. The number of anilines is 2. The number of nitrogens with zero attached hydrogens (tertiary/aromatic N) is 4. The molecule has 1 aromatic heterocycles. The molecule has 10 nitrogen and oxygen atoms in total. The number of carbonyl (C=O) groups excluding carboxylic acids is 1. The highest BCUT2D eigenvalue weighted by Crippen LogP contribution is 2.44. The quantitative estimate of drug-likeness (QED) is 0.115. The molecule has 2 heterocycles. The first-order valence-corrected chi connectivity index (χ1v) is 19.3. The first kappa shape index (κ1) is 37.0. The summed E-state index contributed by atoms with van der Waals surface area (Å²) in [7, 11) is 0.638. The Balaban J connectivity index is 1.55. The molecule has 1 aliphatic heterocycles. The number of hydrogen-bond donors (Lipinski definition) is 1. The number of rotatable bonds is 12. The third kappa shape index (κ3) is 8.03. The maximum Gasteiger partial charge on any atom is 0.420 e. The van der Waals surface area contributed by atoms with E-state index in [2.05, 4.69) is 49.3 Å². The van der Waals surface area contributed by atoms with Crippen LogP contribution in [0.1, 0.15) is 43.5 Å². The highest BCUT2D eigenvalue weighted by molar-refractivity contribution is 6.74. The minimum Gasteiger partial charge on any atom is -0.497 e. The van der Waals surface area contributed by atoms with Crippen LogP contribution in [0.3, 0.4) is 0 Å². The van der Waals surface area contributed by atoms with Crippen molar-refractivity contribution in [2.45, 2.75) is 57.5 Å². The number of fused-ring (bicyclic) bond motifs is 1. The highest BCUT2D eigenvalue weighted by atomic mass is 35.5. The van der Waals surface area contributed by atoms with Crippen LogP contribution in [-0.2, 0) is 21.8 Å². The summed E-state index contributed by atoms with van der Waals surface area (Å²) in [5.74, 6) is -0.00962. The molecule has 4 aromatic rings. The van der Waals surface area contributed by atoms with Crippen molar-refractivity contribution in [1.29, 1.82) is 0 Å². The lowest BCUT2D eigenvalue weighted by atomic mass is 10.0. The molecule has 1 amide bonds. The van der Waals surface area contributed by atoms with Crippen molar-refractivity contribution >= 4 is 37.2 Å². The molecule has 15 heteroatoms. The number of halogens is 4. The molecule has 3 aromatic carbocycles. The minimum atomic E-state index is -4.70. The van der Waals surface area contributed by atoms with E-state index in [1.165, 1.54) is 42.5 Å². The number of ether oxygens (including phenoxy) is 3. The zero-order valence-electron chi connectivity index (χ0n) is 29.0. The lowest BCUT2D eigenvalue weighted by Crippen LogP contribution is -2.41. The fourth-order valence-electron chi connectivity index (χ4n) is 5.42. The Hall–Kier alpha value is -4.27. The number of methoxy groups -OCH3 is 2. The van der Waals surface area contributed by atoms with E-state index in [-0.39, 0.29) is 29.6 Å². The number of alkyl halides is 3. The number of amides is 1. The fraction of sp³-hybridized carbons (Fsp3) is 0.400. The van der Waals surface area contributed by atoms with Gasteiger partial charge in [-0.15, -0.1) is 0 Å². The largest absolute Gasteiger partial charge is 0.497 e. The maximum atomic E-state index is 14.7. The highest BCUT2D eigenvalue weighted by Gasteiger charge is 2.40. The van der Waals surface area contributed by atoms with Crippen LogP contribution < -0.4 is 24.4 Å². The summed E-state index contributed by atoms with van der Waals surface area (Å²) in [5.41, 5.74) is 1.25. The monoisotopic (exact) mass is 731 g/mol. The lowest BCUT2D eigenvalue weighted by molar-refractivity contribution is -0.138. The van der Waals surface area contributed by atoms with Crippen molar-refractivity contribution in [1.82, 2.24) is 14.8 Å². The number of carbonyl (C=O) groups is 1. The van der Waals surface area contributed by atoms with Gasteiger partial charge in [0.05, 0.1) is 32.1 Å². The summed E-state index contributed by atoms with van der Waals surface area (Å²) in [6.07, 6.45) is -1.45. The van der Waals surface area contributed by atoms with Crippen LogP contribution in [0.15, 0.2) is 61.2 Å². The third-order valence-electron chi connectivity index (χ3n) is 9.13. The summed E-state index contributed by atoms with van der Waals surface area (Å²) in [4.78, 5) is 20.1. The Bertz CT molecular complexity index is 1830. The third-order valence-corrected chi connectivity index (χ3v) is 13.9. The maximum absolute atomic E-state index is 14.7. The standard InChI is InChI=1S/C35H41ClF3N5O5Si/c1-34(2,3)50(6,7)49-13-12-48-30-15-23(36)8-9-27(30)32(42-24-16-25(18-26(17-24)46-4)44-21-40-20-41-44)33(45)43-11-10-22-14-31(47-5)28(19-29(22)43)35(37,38)39/h8-9,14-21,32,42H,10-13H2,1-7H3. The molecule has 0 radical (unpaired) electrons. The molecule has 1 atom stereocenters. The van der Waals surface area contributed by atoms with Gasteiger partial charge in [0.1, 0.15) is 42.6 Å². The summed E-state index contributed by atoms with van der Waals surface area (Å²) >= 11 is 6.44. The summed E-state index contributed by atoms with van der Waals surface area (Å²) in [6.45, 7) is 11.4.